The van der Waals surface area contributed by atoms with Crippen molar-refractivity contribution in [3.63, 3.8) is 0 Å². The average Bonchev–Trinajstić information content (AvgIpc) is 3.14. The normalized spacial score (nSPS) is 11.9. The summed E-state index contributed by atoms with van der Waals surface area (Å²) in [7, 11) is 0. The minimum atomic E-state index is -0.313. The number of H-pyrrole nitrogens is 1. The Morgan fingerprint density at radius 1 is 1.28 bits per heavy atom. The van der Waals surface area contributed by atoms with E-state index in [0.717, 1.165) is 22.0 Å². The maximum atomic E-state index is 13.3. The molecule has 25 heavy (non-hydrogen) atoms. The monoisotopic (exact) mass is 356 g/mol. The standard InChI is InChI=1S/C18H17FN4OS/c1-12(15-3-2-4-16(19)9-15)22-17(24)14-7-5-13(6-8-14)10-25-18-20-11-21-23-18/h2-9,11-12H,10H2,1H3,(H,22,24)(H,20,21,23)/t12-/m0/s1. The summed E-state index contributed by atoms with van der Waals surface area (Å²) in [6.07, 6.45) is 1.47. The van der Waals surface area contributed by atoms with Gasteiger partial charge in [-0.3, -0.25) is 9.89 Å². The molecule has 0 saturated heterocycles. The van der Waals surface area contributed by atoms with Crippen LogP contribution in [0.2, 0.25) is 0 Å². The number of carbonyl (C=O) groups is 1. The Labute approximate surface area is 149 Å². The van der Waals surface area contributed by atoms with E-state index in [1.165, 1.54) is 30.2 Å². The summed E-state index contributed by atoms with van der Waals surface area (Å²) < 4.78 is 13.3. The molecule has 1 amide bonds. The molecule has 0 unspecified atom stereocenters. The number of benzene rings is 2. The molecule has 0 fully saturated rings. The third kappa shape index (κ3) is 4.67. The maximum Gasteiger partial charge on any atom is 0.251 e. The van der Waals surface area contributed by atoms with Crippen LogP contribution in [-0.2, 0) is 5.75 Å². The molecule has 128 valence electrons. The molecule has 2 N–H and O–H groups in total. The third-order valence-electron chi connectivity index (χ3n) is 3.68. The molecule has 1 atom stereocenters. The molecule has 0 aliphatic carbocycles. The van der Waals surface area contributed by atoms with Gasteiger partial charge in [-0.1, -0.05) is 36.0 Å². The van der Waals surface area contributed by atoms with Crippen molar-refractivity contribution in [2.75, 3.05) is 0 Å². The maximum absolute atomic E-state index is 13.3. The van der Waals surface area contributed by atoms with Crippen molar-refractivity contribution in [2.24, 2.45) is 0 Å². The van der Waals surface area contributed by atoms with Crippen LogP contribution in [0.4, 0.5) is 4.39 Å². The van der Waals surface area contributed by atoms with Gasteiger partial charge in [-0.05, 0) is 42.3 Å². The number of hydrogen-bond acceptors (Lipinski definition) is 4. The van der Waals surface area contributed by atoms with E-state index in [-0.39, 0.29) is 17.8 Å². The van der Waals surface area contributed by atoms with E-state index in [1.54, 1.807) is 24.3 Å². The second kappa shape index (κ2) is 7.94. The molecule has 2 aromatic carbocycles. The fourth-order valence-corrected chi connectivity index (χ4v) is 3.04. The average molecular weight is 356 g/mol. The zero-order valence-electron chi connectivity index (χ0n) is 13.6. The Morgan fingerprint density at radius 3 is 2.76 bits per heavy atom. The molecule has 5 nitrogen and oxygen atoms in total. The number of amides is 1. The zero-order valence-corrected chi connectivity index (χ0v) is 14.4. The molecular formula is C18H17FN4OS. The minimum absolute atomic E-state index is 0.189. The van der Waals surface area contributed by atoms with E-state index in [0.29, 0.717) is 5.56 Å². The van der Waals surface area contributed by atoms with Crippen LogP contribution in [0.15, 0.2) is 60.0 Å². The third-order valence-corrected chi connectivity index (χ3v) is 4.63. The first-order valence-electron chi connectivity index (χ1n) is 7.75. The van der Waals surface area contributed by atoms with E-state index < -0.39 is 0 Å². The molecule has 0 aliphatic rings. The van der Waals surface area contributed by atoms with Crippen LogP contribution >= 0.6 is 11.8 Å². The first kappa shape index (κ1) is 17.2. The van der Waals surface area contributed by atoms with Crippen molar-refractivity contribution in [2.45, 2.75) is 23.9 Å². The molecule has 1 aromatic heterocycles. The van der Waals surface area contributed by atoms with Gasteiger partial charge in [0.05, 0.1) is 6.04 Å². The Hall–Kier alpha value is -2.67. The van der Waals surface area contributed by atoms with Gasteiger partial charge in [-0.25, -0.2) is 9.37 Å². The molecule has 3 aromatic rings. The summed E-state index contributed by atoms with van der Waals surface area (Å²) in [5.41, 5.74) is 2.38. The van der Waals surface area contributed by atoms with Crippen molar-refractivity contribution in [1.29, 1.82) is 0 Å². The highest BCUT2D eigenvalue weighted by Crippen LogP contribution is 2.19. The number of nitrogens with one attached hydrogen (secondary N) is 2. The van der Waals surface area contributed by atoms with Crippen molar-refractivity contribution in [3.8, 4) is 0 Å². The fraction of sp³-hybridized carbons (Fsp3) is 0.167. The predicted octanol–water partition coefficient (Wildman–Crippen LogP) is 3.73. The SMILES string of the molecule is C[C@H](NC(=O)c1ccc(CSc2ncn[nH]2)cc1)c1cccc(F)c1. The van der Waals surface area contributed by atoms with Gasteiger partial charge < -0.3 is 5.32 Å². The molecule has 0 bridgehead atoms. The number of nitrogens with zero attached hydrogens (tertiary/aromatic N) is 2. The summed E-state index contributed by atoms with van der Waals surface area (Å²) in [5.74, 6) is 0.231. The highest BCUT2D eigenvalue weighted by Gasteiger charge is 2.12. The van der Waals surface area contributed by atoms with Crippen LogP contribution in [-0.4, -0.2) is 21.1 Å². The smallest absolute Gasteiger partial charge is 0.251 e. The highest BCUT2D eigenvalue weighted by molar-refractivity contribution is 7.98. The summed E-state index contributed by atoms with van der Waals surface area (Å²) in [6, 6.07) is 13.3. The van der Waals surface area contributed by atoms with E-state index in [4.69, 9.17) is 0 Å². The molecule has 0 aliphatic heterocycles. The number of carbonyl (C=O) groups excluding carboxylic acids is 1. The first-order valence-corrected chi connectivity index (χ1v) is 8.74. The molecule has 0 radical (unpaired) electrons. The Bertz CT molecular complexity index is 837. The van der Waals surface area contributed by atoms with Gasteiger partial charge in [0.25, 0.3) is 5.91 Å². The van der Waals surface area contributed by atoms with Crippen LogP contribution in [0.25, 0.3) is 0 Å². The topological polar surface area (TPSA) is 70.7 Å². The van der Waals surface area contributed by atoms with Gasteiger partial charge in [-0.15, -0.1) is 0 Å². The van der Waals surface area contributed by atoms with Crippen molar-refractivity contribution < 1.29 is 9.18 Å². The lowest BCUT2D eigenvalue weighted by atomic mass is 10.1. The highest BCUT2D eigenvalue weighted by atomic mass is 32.2. The van der Waals surface area contributed by atoms with Gasteiger partial charge in [0, 0.05) is 11.3 Å². The van der Waals surface area contributed by atoms with Gasteiger partial charge in [0.15, 0.2) is 5.16 Å². The molecule has 3 rings (SSSR count). The number of rotatable bonds is 6. The van der Waals surface area contributed by atoms with Gasteiger partial charge in [0.1, 0.15) is 12.1 Å². The van der Waals surface area contributed by atoms with Crippen LogP contribution < -0.4 is 5.32 Å². The summed E-state index contributed by atoms with van der Waals surface area (Å²) in [6.45, 7) is 1.83. The van der Waals surface area contributed by atoms with Crippen LogP contribution in [0.1, 0.15) is 34.5 Å². The predicted molar refractivity (Wildman–Crippen MR) is 94.7 cm³/mol. The lowest BCUT2D eigenvalue weighted by Crippen LogP contribution is -2.26. The molecule has 7 heteroatoms. The van der Waals surface area contributed by atoms with Crippen LogP contribution in [0.3, 0.4) is 0 Å². The van der Waals surface area contributed by atoms with Crippen molar-refractivity contribution in [3.05, 3.63) is 77.4 Å². The Kier molecular flexibility index (Phi) is 5.45. The van der Waals surface area contributed by atoms with E-state index in [2.05, 4.69) is 20.5 Å². The largest absolute Gasteiger partial charge is 0.346 e. The zero-order chi connectivity index (χ0) is 17.6. The summed E-state index contributed by atoms with van der Waals surface area (Å²) >= 11 is 1.54. The van der Waals surface area contributed by atoms with Gasteiger partial charge in [0.2, 0.25) is 0 Å². The Balaban J connectivity index is 1.58. The van der Waals surface area contributed by atoms with Crippen LogP contribution in [0, 0.1) is 5.82 Å². The number of hydrogen-bond donors (Lipinski definition) is 2. The van der Waals surface area contributed by atoms with Gasteiger partial charge >= 0.3 is 0 Å². The van der Waals surface area contributed by atoms with E-state index >= 15 is 0 Å². The Morgan fingerprint density at radius 2 is 2.08 bits per heavy atom. The number of halogens is 1. The molecule has 0 saturated carbocycles. The lowest BCUT2D eigenvalue weighted by molar-refractivity contribution is 0.0940. The van der Waals surface area contributed by atoms with Crippen LogP contribution in [0.5, 0.6) is 0 Å². The number of aromatic nitrogens is 3. The second-order valence-electron chi connectivity index (χ2n) is 5.53. The number of aromatic amines is 1. The van der Waals surface area contributed by atoms with Crippen molar-refractivity contribution >= 4 is 17.7 Å². The quantitative estimate of drug-likeness (QED) is 0.660. The fourth-order valence-electron chi connectivity index (χ4n) is 2.31. The number of thioether (sulfide) groups is 1. The molecule has 0 spiro atoms. The summed E-state index contributed by atoms with van der Waals surface area (Å²) in [5, 5.41) is 10.2. The van der Waals surface area contributed by atoms with Crippen molar-refractivity contribution in [1.82, 2.24) is 20.5 Å². The van der Waals surface area contributed by atoms with E-state index in [9.17, 15) is 9.18 Å². The first-order chi connectivity index (χ1) is 12.1. The van der Waals surface area contributed by atoms with Gasteiger partial charge in [-0.2, -0.15) is 5.10 Å². The van der Waals surface area contributed by atoms with E-state index in [1.807, 2.05) is 19.1 Å². The molecule has 1 heterocycles. The minimum Gasteiger partial charge on any atom is -0.346 e. The molecular weight excluding hydrogens is 339 g/mol. The summed E-state index contributed by atoms with van der Waals surface area (Å²) in [4.78, 5) is 16.4. The lowest BCUT2D eigenvalue weighted by Gasteiger charge is -2.14. The second-order valence-corrected chi connectivity index (χ2v) is 6.49.